The van der Waals surface area contributed by atoms with E-state index in [1.807, 2.05) is 37.3 Å². The van der Waals surface area contributed by atoms with E-state index in [0.717, 1.165) is 12.1 Å². The first-order valence-corrected chi connectivity index (χ1v) is 6.48. The molecule has 102 valence electrons. The van der Waals surface area contributed by atoms with Gasteiger partial charge in [0.05, 0.1) is 12.2 Å². The van der Waals surface area contributed by atoms with Crippen LogP contribution in [0, 0.1) is 0 Å². The molecular formula is C15H25NO2. The molecule has 0 heterocycles. The molecule has 0 radical (unpaired) electrons. The number of nitrogens with zero attached hydrogens (tertiary/aromatic N) is 1. The van der Waals surface area contributed by atoms with Crippen molar-refractivity contribution in [1.29, 1.82) is 0 Å². The summed E-state index contributed by atoms with van der Waals surface area (Å²) >= 11 is 0. The second kappa shape index (κ2) is 6.88. The third kappa shape index (κ3) is 4.41. The first-order valence-electron chi connectivity index (χ1n) is 6.48. The lowest BCUT2D eigenvalue weighted by Gasteiger charge is -2.34. The van der Waals surface area contributed by atoms with Crippen molar-refractivity contribution < 1.29 is 9.84 Å². The van der Waals surface area contributed by atoms with Gasteiger partial charge in [-0.2, -0.15) is 0 Å². The monoisotopic (exact) mass is 251 g/mol. The fourth-order valence-corrected chi connectivity index (χ4v) is 2.01. The Morgan fingerprint density at radius 1 is 1.28 bits per heavy atom. The molecule has 0 amide bonds. The van der Waals surface area contributed by atoms with Gasteiger partial charge in [0.15, 0.2) is 0 Å². The molecule has 0 fully saturated rings. The van der Waals surface area contributed by atoms with Gasteiger partial charge < -0.3 is 9.84 Å². The van der Waals surface area contributed by atoms with Crippen molar-refractivity contribution in [2.24, 2.45) is 0 Å². The van der Waals surface area contributed by atoms with E-state index in [0.29, 0.717) is 19.2 Å². The molecule has 3 nitrogen and oxygen atoms in total. The third-order valence-corrected chi connectivity index (χ3v) is 3.22. The summed E-state index contributed by atoms with van der Waals surface area (Å²) in [6.45, 7) is 8.26. The summed E-state index contributed by atoms with van der Waals surface area (Å²) in [5, 5.41) is 10.6. The van der Waals surface area contributed by atoms with E-state index in [4.69, 9.17) is 4.74 Å². The van der Waals surface area contributed by atoms with Crippen molar-refractivity contribution in [3.63, 3.8) is 0 Å². The highest BCUT2D eigenvalue weighted by Crippen LogP contribution is 2.22. The molecule has 0 aliphatic heterocycles. The van der Waals surface area contributed by atoms with Gasteiger partial charge in [0.2, 0.25) is 0 Å². The topological polar surface area (TPSA) is 32.7 Å². The molecule has 0 bridgehead atoms. The molecule has 0 aliphatic rings. The third-order valence-electron chi connectivity index (χ3n) is 3.22. The Hall–Kier alpha value is -0.900. The summed E-state index contributed by atoms with van der Waals surface area (Å²) in [7, 11) is 1.70. The zero-order valence-electron chi connectivity index (χ0n) is 11.9. The van der Waals surface area contributed by atoms with E-state index in [1.54, 1.807) is 7.11 Å². The van der Waals surface area contributed by atoms with Gasteiger partial charge >= 0.3 is 0 Å². The van der Waals surface area contributed by atoms with Gasteiger partial charge in [-0.25, -0.2) is 0 Å². The molecule has 0 saturated carbocycles. The van der Waals surface area contributed by atoms with Crippen molar-refractivity contribution in [3.05, 3.63) is 35.9 Å². The largest absolute Gasteiger partial charge is 0.384 e. The zero-order chi connectivity index (χ0) is 13.6. The number of benzene rings is 1. The highest BCUT2D eigenvalue weighted by atomic mass is 16.5. The maximum absolute atomic E-state index is 10.6. The quantitative estimate of drug-likeness (QED) is 0.807. The lowest BCUT2D eigenvalue weighted by molar-refractivity contribution is -0.00105. The van der Waals surface area contributed by atoms with Gasteiger partial charge in [0.1, 0.15) is 0 Å². The molecule has 1 aromatic rings. The van der Waals surface area contributed by atoms with E-state index in [9.17, 15) is 5.11 Å². The molecule has 1 unspecified atom stereocenters. The van der Waals surface area contributed by atoms with Gasteiger partial charge in [-0.05, 0) is 26.3 Å². The Morgan fingerprint density at radius 2 is 1.89 bits per heavy atom. The van der Waals surface area contributed by atoms with Crippen molar-refractivity contribution in [1.82, 2.24) is 4.90 Å². The Morgan fingerprint density at radius 3 is 2.39 bits per heavy atom. The molecular weight excluding hydrogens is 226 g/mol. The smallest absolute Gasteiger partial charge is 0.0994 e. The van der Waals surface area contributed by atoms with Crippen molar-refractivity contribution in [3.8, 4) is 0 Å². The molecule has 0 aliphatic carbocycles. The molecule has 0 saturated heterocycles. The summed E-state index contributed by atoms with van der Waals surface area (Å²) < 4.78 is 5.12. The number of methoxy groups -OCH3 is 1. The van der Waals surface area contributed by atoms with Crippen molar-refractivity contribution in [2.75, 3.05) is 26.8 Å². The second-order valence-corrected chi connectivity index (χ2v) is 5.20. The summed E-state index contributed by atoms with van der Waals surface area (Å²) in [6, 6.07) is 10.2. The molecule has 1 aromatic carbocycles. The molecule has 18 heavy (non-hydrogen) atoms. The summed E-state index contributed by atoms with van der Waals surface area (Å²) in [5.41, 5.74) is 0.118. The minimum absolute atomic E-state index is 0.385. The van der Waals surface area contributed by atoms with Crippen LogP contribution in [-0.2, 0) is 10.3 Å². The number of ether oxygens (including phenoxy) is 1. The SMILES string of the molecule is COCCN(CC(C)(O)c1ccccc1)C(C)C. The van der Waals surface area contributed by atoms with Gasteiger partial charge in [-0.15, -0.1) is 0 Å². The average Bonchev–Trinajstić information content (AvgIpc) is 2.35. The predicted molar refractivity (Wildman–Crippen MR) is 74.6 cm³/mol. The van der Waals surface area contributed by atoms with E-state index >= 15 is 0 Å². The minimum Gasteiger partial charge on any atom is -0.384 e. The molecule has 0 aromatic heterocycles. The van der Waals surface area contributed by atoms with E-state index in [-0.39, 0.29) is 0 Å². The van der Waals surface area contributed by atoms with Crippen LogP contribution >= 0.6 is 0 Å². The standard InChI is InChI=1S/C15H25NO2/c1-13(2)16(10-11-18-4)12-15(3,17)14-8-6-5-7-9-14/h5-9,13,17H,10-12H2,1-4H3. The van der Waals surface area contributed by atoms with Crippen LogP contribution in [0.4, 0.5) is 0 Å². The van der Waals surface area contributed by atoms with Gasteiger partial charge in [-0.3, -0.25) is 4.90 Å². The number of rotatable bonds is 7. The van der Waals surface area contributed by atoms with Crippen LogP contribution in [0.3, 0.4) is 0 Å². The number of aliphatic hydroxyl groups is 1. The van der Waals surface area contributed by atoms with Gasteiger partial charge in [0.25, 0.3) is 0 Å². The van der Waals surface area contributed by atoms with Crippen LogP contribution in [0.1, 0.15) is 26.3 Å². The van der Waals surface area contributed by atoms with Crippen LogP contribution in [0.5, 0.6) is 0 Å². The molecule has 1 N–H and O–H groups in total. The predicted octanol–water partition coefficient (Wildman–Crippen LogP) is 2.25. The average molecular weight is 251 g/mol. The van der Waals surface area contributed by atoms with E-state index in [2.05, 4.69) is 18.7 Å². The Labute approximate surface area is 110 Å². The molecule has 3 heteroatoms. The molecule has 1 atom stereocenters. The highest BCUT2D eigenvalue weighted by molar-refractivity contribution is 5.21. The van der Waals surface area contributed by atoms with E-state index < -0.39 is 5.60 Å². The minimum atomic E-state index is -0.834. The fourth-order valence-electron chi connectivity index (χ4n) is 2.01. The Balaban J connectivity index is 2.72. The molecule has 0 spiro atoms. The summed E-state index contributed by atoms with van der Waals surface area (Å²) in [6.07, 6.45) is 0. The maximum atomic E-state index is 10.6. The Bertz CT molecular complexity index is 336. The van der Waals surface area contributed by atoms with Gasteiger partial charge in [-0.1, -0.05) is 30.3 Å². The fraction of sp³-hybridized carbons (Fsp3) is 0.600. The first kappa shape index (κ1) is 15.2. The van der Waals surface area contributed by atoms with Crippen LogP contribution in [-0.4, -0.2) is 42.9 Å². The Kier molecular flexibility index (Phi) is 5.79. The zero-order valence-corrected chi connectivity index (χ0v) is 11.9. The van der Waals surface area contributed by atoms with Gasteiger partial charge in [0, 0.05) is 26.2 Å². The maximum Gasteiger partial charge on any atom is 0.0994 e. The van der Waals surface area contributed by atoms with Crippen LogP contribution < -0.4 is 0 Å². The number of hydrogen-bond donors (Lipinski definition) is 1. The second-order valence-electron chi connectivity index (χ2n) is 5.20. The lowest BCUT2D eigenvalue weighted by Crippen LogP contribution is -2.43. The van der Waals surface area contributed by atoms with E-state index in [1.165, 1.54) is 0 Å². The normalized spacial score (nSPS) is 15.1. The van der Waals surface area contributed by atoms with Crippen LogP contribution in [0.2, 0.25) is 0 Å². The lowest BCUT2D eigenvalue weighted by atomic mass is 9.95. The molecule has 1 rings (SSSR count). The van der Waals surface area contributed by atoms with Crippen LogP contribution in [0.15, 0.2) is 30.3 Å². The first-order chi connectivity index (χ1) is 8.47. The highest BCUT2D eigenvalue weighted by Gasteiger charge is 2.26. The van der Waals surface area contributed by atoms with Crippen molar-refractivity contribution in [2.45, 2.75) is 32.4 Å². The number of hydrogen-bond acceptors (Lipinski definition) is 3. The van der Waals surface area contributed by atoms with Crippen molar-refractivity contribution >= 4 is 0 Å². The summed E-state index contributed by atoms with van der Waals surface area (Å²) in [4.78, 5) is 2.23. The summed E-state index contributed by atoms with van der Waals surface area (Å²) in [5.74, 6) is 0. The van der Waals surface area contributed by atoms with Crippen LogP contribution in [0.25, 0.3) is 0 Å².